The van der Waals surface area contributed by atoms with Gasteiger partial charge in [-0.1, -0.05) is 28.4 Å². The van der Waals surface area contributed by atoms with Crippen molar-refractivity contribution < 1.29 is 4.79 Å². The fraction of sp³-hybridized carbons (Fsp3) is 0.462. The molecule has 1 aliphatic carbocycles. The summed E-state index contributed by atoms with van der Waals surface area (Å²) in [7, 11) is 0. The smallest absolute Gasteiger partial charge is 0.224 e. The fourth-order valence-electron chi connectivity index (χ4n) is 1.90. The number of halogens is 1. The lowest BCUT2D eigenvalue weighted by atomic mass is 9.83. The van der Waals surface area contributed by atoms with Gasteiger partial charge in [0.25, 0.3) is 0 Å². The molecule has 2 rings (SSSR count). The van der Waals surface area contributed by atoms with Gasteiger partial charge in [0.05, 0.1) is 0 Å². The number of hydrogen-bond donors (Lipinski definition) is 1. The molecule has 0 aromatic heterocycles. The summed E-state index contributed by atoms with van der Waals surface area (Å²) in [6.07, 6.45) is 4.38. The highest BCUT2D eigenvalue weighted by Gasteiger charge is 2.20. The van der Waals surface area contributed by atoms with Crippen LogP contribution in [0.25, 0.3) is 0 Å². The monoisotopic (exact) mass is 281 g/mol. The quantitative estimate of drug-likeness (QED) is 0.895. The highest BCUT2D eigenvalue weighted by Crippen LogP contribution is 2.30. The van der Waals surface area contributed by atoms with Crippen LogP contribution in [-0.4, -0.2) is 5.91 Å². The van der Waals surface area contributed by atoms with Crippen LogP contribution in [0.2, 0.25) is 0 Å². The minimum atomic E-state index is 0.144. The molecular formula is C13H16BrNO. The van der Waals surface area contributed by atoms with Crippen molar-refractivity contribution in [2.45, 2.75) is 32.6 Å². The molecule has 1 aliphatic rings. The topological polar surface area (TPSA) is 29.1 Å². The number of amides is 1. The molecule has 1 aromatic carbocycles. The molecule has 0 bridgehead atoms. The van der Waals surface area contributed by atoms with Gasteiger partial charge in [0.1, 0.15) is 0 Å². The van der Waals surface area contributed by atoms with Crippen molar-refractivity contribution in [1.82, 2.24) is 0 Å². The summed E-state index contributed by atoms with van der Waals surface area (Å²) in [5.74, 6) is 0.762. The summed E-state index contributed by atoms with van der Waals surface area (Å²) in [6.45, 7) is 2.00. The van der Waals surface area contributed by atoms with E-state index in [1.165, 1.54) is 19.3 Å². The average molecular weight is 282 g/mol. The zero-order valence-corrected chi connectivity index (χ0v) is 11.0. The molecule has 0 saturated heterocycles. The van der Waals surface area contributed by atoms with Gasteiger partial charge in [-0.15, -0.1) is 0 Å². The molecule has 2 nitrogen and oxygen atoms in total. The van der Waals surface area contributed by atoms with Crippen molar-refractivity contribution in [3.8, 4) is 0 Å². The second kappa shape index (κ2) is 5.00. The summed E-state index contributed by atoms with van der Waals surface area (Å²) >= 11 is 3.46. The third-order valence-corrected chi connectivity index (χ3v) is 4.10. The number of carbonyl (C=O) groups excluding carboxylic acids is 1. The zero-order chi connectivity index (χ0) is 11.5. The van der Waals surface area contributed by atoms with E-state index in [4.69, 9.17) is 0 Å². The largest absolute Gasteiger partial charge is 0.326 e. The molecule has 0 unspecified atom stereocenters. The maximum absolute atomic E-state index is 11.8. The first-order valence-corrected chi connectivity index (χ1v) is 6.51. The number of carbonyl (C=O) groups is 1. The molecule has 0 spiro atoms. The molecule has 1 saturated carbocycles. The van der Waals surface area contributed by atoms with E-state index < -0.39 is 0 Å². The van der Waals surface area contributed by atoms with Crippen LogP contribution >= 0.6 is 15.9 Å². The third kappa shape index (κ3) is 2.64. The first kappa shape index (κ1) is 11.6. The lowest BCUT2D eigenvalue weighted by Crippen LogP contribution is -2.21. The Balaban J connectivity index is 1.97. The molecular weight excluding hydrogens is 266 g/mol. The summed E-state index contributed by atoms with van der Waals surface area (Å²) < 4.78 is 1.04. The van der Waals surface area contributed by atoms with Gasteiger partial charge in [0.2, 0.25) is 5.91 Å². The minimum absolute atomic E-state index is 0.144. The van der Waals surface area contributed by atoms with Crippen molar-refractivity contribution in [2.75, 3.05) is 5.32 Å². The Hall–Kier alpha value is -0.830. The van der Waals surface area contributed by atoms with Crippen molar-refractivity contribution in [3.05, 3.63) is 28.2 Å². The maximum atomic E-state index is 11.8. The maximum Gasteiger partial charge on any atom is 0.224 e. The highest BCUT2D eigenvalue weighted by atomic mass is 79.9. The van der Waals surface area contributed by atoms with Crippen LogP contribution < -0.4 is 5.32 Å². The SMILES string of the molecule is Cc1c(Br)cccc1NC(=O)CC1CCC1. The van der Waals surface area contributed by atoms with Gasteiger partial charge < -0.3 is 5.32 Å². The van der Waals surface area contributed by atoms with Crippen LogP contribution in [0.4, 0.5) is 5.69 Å². The molecule has 86 valence electrons. The van der Waals surface area contributed by atoms with Gasteiger partial charge in [-0.25, -0.2) is 0 Å². The minimum Gasteiger partial charge on any atom is -0.326 e. The molecule has 0 radical (unpaired) electrons. The molecule has 1 aromatic rings. The van der Waals surface area contributed by atoms with Crippen LogP contribution in [-0.2, 0) is 4.79 Å². The second-order valence-electron chi connectivity index (χ2n) is 4.46. The predicted molar refractivity (Wildman–Crippen MR) is 69.5 cm³/mol. The molecule has 3 heteroatoms. The summed E-state index contributed by atoms with van der Waals surface area (Å²) in [6, 6.07) is 5.87. The van der Waals surface area contributed by atoms with Gasteiger partial charge in [-0.3, -0.25) is 4.79 Å². The highest BCUT2D eigenvalue weighted by molar-refractivity contribution is 9.10. The lowest BCUT2D eigenvalue weighted by Gasteiger charge is -2.24. The molecule has 1 fully saturated rings. The molecule has 16 heavy (non-hydrogen) atoms. The Bertz CT molecular complexity index is 399. The van der Waals surface area contributed by atoms with E-state index in [1.807, 2.05) is 25.1 Å². The number of anilines is 1. The van der Waals surface area contributed by atoms with Crippen LogP contribution in [0.3, 0.4) is 0 Å². The molecule has 0 atom stereocenters. The van der Waals surface area contributed by atoms with E-state index in [0.717, 1.165) is 15.7 Å². The first-order chi connectivity index (χ1) is 7.66. The van der Waals surface area contributed by atoms with Crippen LogP contribution in [0, 0.1) is 12.8 Å². The Kier molecular flexibility index (Phi) is 3.64. The summed E-state index contributed by atoms with van der Waals surface area (Å²) in [4.78, 5) is 11.8. The number of nitrogens with one attached hydrogen (secondary N) is 1. The molecule has 1 N–H and O–H groups in total. The van der Waals surface area contributed by atoms with E-state index in [1.54, 1.807) is 0 Å². The number of rotatable bonds is 3. The van der Waals surface area contributed by atoms with Gasteiger partial charge in [-0.05, 0) is 43.4 Å². The molecule has 0 heterocycles. The first-order valence-electron chi connectivity index (χ1n) is 5.72. The van der Waals surface area contributed by atoms with E-state index in [9.17, 15) is 4.79 Å². The lowest BCUT2D eigenvalue weighted by molar-refractivity contribution is -0.117. The van der Waals surface area contributed by atoms with Crippen molar-refractivity contribution in [3.63, 3.8) is 0 Å². The Morgan fingerprint density at radius 2 is 2.25 bits per heavy atom. The second-order valence-corrected chi connectivity index (χ2v) is 5.32. The average Bonchev–Trinajstić information content (AvgIpc) is 2.19. The molecule has 0 aliphatic heterocycles. The van der Waals surface area contributed by atoms with Crippen molar-refractivity contribution in [2.24, 2.45) is 5.92 Å². The van der Waals surface area contributed by atoms with Gasteiger partial charge in [0, 0.05) is 16.6 Å². The van der Waals surface area contributed by atoms with Crippen LogP contribution in [0.5, 0.6) is 0 Å². The van der Waals surface area contributed by atoms with Crippen molar-refractivity contribution >= 4 is 27.5 Å². The van der Waals surface area contributed by atoms with Crippen LogP contribution in [0.15, 0.2) is 22.7 Å². The Labute approximate surface area is 105 Å². The number of benzene rings is 1. The standard InChI is InChI=1S/C13H16BrNO/c1-9-11(14)6-3-7-12(9)15-13(16)8-10-4-2-5-10/h3,6-7,10H,2,4-5,8H2,1H3,(H,15,16). The number of hydrogen-bond acceptors (Lipinski definition) is 1. The van der Waals surface area contributed by atoms with E-state index in [2.05, 4.69) is 21.2 Å². The fourth-order valence-corrected chi connectivity index (χ4v) is 2.27. The van der Waals surface area contributed by atoms with Crippen LogP contribution in [0.1, 0.15) is 31.2 Å². The Morgan fingerprint density at radius 3 is 2.88 bits per heavy atom. The summed E-state index contributed by atoms with van der Waals surface area (Å²) in [5, 5.41) is 2.98. The summed E-state index contributed by atoms with van der Waals surface area (Å²) in [5.41, 5.74) is 2.00. The van der Waals surface area contributed by atoms with Gasteiger partial charge >= 0.3 is 0 Å². The Morgan fingerprint density at radius 1 is 1.50 bits per heavy atom. The van der Waals surface area contributed by atoms with Gasteiger partial charge in [0.15, 0.2) is 0 Å². The van der Waals surface area contributed by atoms with Crippen molar-refractivity contribution in [1.29, 1.82) is 0 Å². The normalized spacial score (nSPS) is 15.6. The zero-order valence-electron chi connectivity index (χ0n) is 9.42. The predicted octanol–water partition coefficient (Wildman–Crippen LogP) is 3.89. The van der Waals surface area contributed by atoms with Gasteiger partial charge in [-0.2, -0.15) is 0 Å². The third-order valence-electron chi connectivity index (χ3n) is 3.24. The van der Waals surface area contributed by atoms with E-state index in [-0.39, 0.29) is 5.91 Å². The van der Waals surface area contributed by atoms with E-state index in [0.29, 0.717) is 12.3 Å². The molecule has 1 amide bonds. The van der Waals surface area contributed by atoms with E-state index >= 15 is 0 Å².